The fraction of sp³-hybridized carbons (Fsp3) is 0.529. The molecule has 120 valence electrons. The minimum atomic E-state index is 0.183. The van der Waals surface area contributed by atoms with Crippen LogP contribution in [0.5, 0.6) is 0 Å². The molecule has 5 heteroatoms. The van der Waals surface area contributed by atoms with E-state index in [9.17, 15) is 4.79 Å². The third-order valence-electron chi connectivity index (χ3n) is 3.60. The van der Waals surface area contributed by atoms with E-state index in [0.717, 1.165) is 41.1 Å². The molecule has 0 bridgehead atoms. The Morgan fingerprint density at radius 3 is 2.59 bits per heavy atom. The first-order chi connectivity index (χ1) is 10.6. The predicted molar refractivity (Wildman–Crippen MR) is 95.9 cm³/mol. The number of hydrogen-bond donors (Lipinski definition) is 0. The Labute approximate surface area is 146 Å². The van der Waals surface area contributed by atoms with Crippen LogP contribution < -0.4 is 0 Å². The third kappa shape index (κ3) is 5.66. The summed E-state index contributed by atoms with van der Waals surface area (Å²) >= 11 is 5.17. The first kappa shape index (κ1) is 19.1. The Balaban J connectivity index is 0.00000116. The van der Waals surface area contributed by atoms with E-state index < -0.39 is 0 Å². The summed E-state index contributed by atoms with van der Waals surface area (Å²) in [6.45, 7) is 7.40. The maximum absolute atomic E-state index is 11.3. The molecule has 0 aromatic heterocycles. The summed E-state index contributed by atoms with van der Waals surface area (Å²) in [4.78, 5) is 14.3. The summed E-state index contributed by atoms with van der Waals surface area (Å²) in [6, 6.07) is 8.09. The van der Waals surface area contributed by atoms with Gasteiger partial charge in [-0.3, -0.25) is 4.79 Å². The SMILES string of the molecule is CC.CC(=O)N1CCC(CSc2ccc(Br)c(C#N)c2)CC1. The van der Waals surface area contributed by atoms with Crippen molar-refractivity contribution in [1.82, 2.24) is 4.90 Å². The van der Waals surface area contributed by atoms with E-state index in [1.54, 1.807) is 18.7 Å². The number of piperidine rings is 1. The lowest BCUT2D eigenvalue weighted by atomic mass is 9.99. The summed E-state index contributed by atoms with van der Waals surface area (Å²) < 4.78 is 0.846. The molecule has 1 aliphatic heterocycles. The molecule has 0 radical (unpaired) electrons. The number of halogens is 1. The van der Waals surface area contributed by atoms with E-state index in [1.807, 2.05) is 36.9 Å². The predicted octanol–water partition coefficient (Wildman–Crippen LogP) is 4.70. The fourth-order valence-electron chi connectivity index (χ4n) is 2.31. The van der Waals surface area contributed by atoms with Crippen LogP contribution >= 0.6 is 27.7 Å². The number of rotatable bonds is 3. The molecule has 22 heavy (non-hydrogen) atoms. The van der Waals surface area contributed by atoms with Gasteiger partial charge in [0, 0.05) is 35.1 Å². The molecule has 1 amide bonds. The third-order valence-corrected chi connectivity index (χ3v) is 5.52. The highest BCUT2D eigenvalue weighted by molar-refractivity contribution is 9.10. The van der Waals surface area contributed by atoms with Crippen molar-refractivity contribution in [3.63, 3.8) is 0 Å². The van der Waals surface area contributed by atoms with Crippen molar-refractivity contribution in [3.8, 4) is 6.07 Å². The highest BCUT2D eigenvalue weighted by Crippen LogP contribution is 2.29. The van der Waals surface area contributed by atoms with Gasteiger partial charge in [0.2, 0.25) is 5.91 Å². The second kappa shape index (κ2) is 9.91. The molecule has 1 heterocycles. The van der Waals surface area contributed by atoms with Crippen molar-refractivity contribution in [3.05, 3.63) is 28.2 Å². The van der Waals surface area contributed by atoms with E-state index in [-0.39, 0.29) is 5.91 Å². The van der Waals surface area contributed by atoms with Gasteiger partial charge in [-0.1, -0.05) is 13.8 Å². The van der Waals surface area contributed by atoms with Gasteiger partial charge in [0.1, 0.15) is 6.07 Å². The normalized spacial score (nSPS) is 14.8. The van der Waals surface area contributed by atoms with Crippen LogP contribution in [0.1, 0.15) is 39.2 Å². The van der Waals surface area contributed by atoms with Gasteiger partial charge in [-0.05, 0) is 52.9 Å². The molecule has 0 aliphatic carbocycles. The molecule has 2 rings (SSSR count). The number of likely N-dealkylation sites (tertiary alicyclic amines) is 1. The number of carbonyl (C=O) groups is 1. The fourth-order valence-corrected chi connectivity index (χ4v) is 3.77. The van der Waals surface area contributed by atoms with Crippen LogP contribution in [0.15, 0.2) is 27.6 Å². The van der Waals surface area contributed by atoms with Crippen LogP contribution in [0.25, 0.3) is 0 Å². The smallest absolute Gasteiger partial charge is 0.219 e. The number of carbonyl (C=O) groups excluding carboxylic acids is 1. The lowest BCUT2D eigenvalue weighted by Crippen LogP contribution is -2.37. The summed E-state index contributed by atoms with van der Waals surface area (Å²) in [5, 5.41) is 9.01. The lowest BCUT2D eigenvalue weighted by molar-refractivity contribution is -0.130. The molecule has 1 aromatic rings. The van der Waals surface area contributed by atoms with Crippen LogP contribution in [0.4, 0.5) is 0 Å². The van der Waals surface area contributed by atoms with Crippen molar-refractivity contribution < 1.29 is 4.79 Å². The van der Waals surface area contributed by atoms with Crippen molar-refractivity contribution >= 4 is 33.6 Å². The monoisotopic (exact) mass is 382 g/mol. The molecule has 3 nitrogen and oxygen atoms in total. The van der Waals surface area contributed by atoms with Crippen LogP contribution in [0, 0.1) is 17.2 Å². The number of nitrogens with zero attached hydrogens (tertiary/aromatic N) is 2. The highest BCUT2D eigenvalue weighted by Gasteiger charge is 2.20. The Morgan fingerprint density at radius 2 is 2.05 bits per heavy atom. The molecule has 1 fully saturated rings. The second-order valence-corrected chi connectivity index (χ2v) is 6.96. The van der Waals surface area contributed by atoms with Crippen molar-refractivity contribution in [2.45, 2.75) is 38.5 Å². The van der Waals surface area contributed by atoms with E-state index in [4.69, 9.17) is 5.26 Å². The largest absolute Gasteiger partial charge is 0.343 e. The number of hydrogen-bond acceptors (Lipinski definition) is 3. The van der Waals surface area contributed by atoms with Crippen molar-refractivity contribution in [1.29, 1.82) is 5.26 Å². The zero-order chi connectivity index (χ0) is 16.5. The topological polar surface area (TPSA) is 44.1 Å². The number of nitriles is 1. The van der Waals surface area contributed by atoms with Crippen molar-refractivity contribution in [2.75, 3.05) is 18.8 Å². The first-order valence-corrected chi connectivity index (χ1v) is 9.46. The summed E-state index contributed by atoms with van der Waals surface area (Å²) in [5.74, 6) is 1.89. The molecule has 1 saturated heterocycles. The average molecular weight is 383 g/mol. The summed E-state index contributed by atoms with van der Waals surface area (Å²) in [5.41, 5.74) is 0.682. The number of thioether (sulfide) groups is 1. The Kier molecular flexibility index (Phi) is 8.59. The maximum atomic E-state index is 11.3. The van der Waals surface area contributed by atoms with E-state index in [2.05, 4.69) is 22.0 Å². The lowest BCUT2D eigenvalue weighted by Gasteiger charge is -2.31. The van der Waals surface area contributed by atoms with Gasteiger partial charge in [-0.25, -0.2) is 0 Å². The van der Waals surface area contributed by atoms with Gasteiger partial charge < -0.3 is 4.90 Å². The van der Waals surface area contributed by atoms with Gasteiger partial charge >= 0.3 is 0 Å². The number of amides is 1. The van der Waals surface area contributed by atoms with E-state index in [0.29, 0.717) is 11.5 Å². The van der Waals surface area contributed by atoms with Gasteiger partial charge in [0.15, 0.2) is 0 Å². The molecule has 0 unspecified atom stereocenters. The number of benzene rings is 1. The summed E-state index contributed by atoms with van der Waals surface area (Å²) in [6.07, 6.45) is 2.16. The molecule has 1 aromatic carbocycles. The Bertz CT molecular complexity index is 534. The van der Waals surface area contributed by atoms with Gasteiger partial charge in [-0.15, -0.1) is 11.8 Å². The van der Waals surface area contributed by atoms with Crippen LogP contribution in [0.3, 0.4) is 0 Å². The quantitative estimate of drug-likeness (QED) is 0.711. The second-order valence-electron chi connectivity index (χ2n) is 5.01. The molecule has 0 saturated carbocycles. The minimum absolute atomic E-state index is 0.183. The molecule has 0 N–H and O–H groups in total. The molecule has 0 atom stereocenters. The van der Waals surface area contributed by atoms with E-state index >= 15 is 0 Å². The molecular formula is C17H23BrN2OS. The zero-order valence-corrected chi connectivity index (χ0v) is 15.8. The standard InChI is InChI=1S/C15H17BrN2OS.C2H6/c1-11(19)18-6-4-12(5-7-18)10-20-14-2-3-15(16)13(8-14)9-17;1-2/h2-3,8,12H,4-7,10H2,1H3;1-2H3. The van der Waals surface area contributed by atoms with Crippen LogP contribution in [0.2, 0.25) is 0 Å². The van der Waals surface area contributed by atoms with Gasteiger partial charge in [-0.2, -0.15) is 5.26 Å². The van der Waals surface area contributed by atoms with Crippen LogP contribution in [-0.4, -0.2) is 29.6 Å². The van der Waals surface area contributed by atoms with E-state index in [1.165, 1.54) is 0 Å². The van der Waals surface area contributed by atoms with Crippen molar-refractivity contribution in [2.24, 2.45) is 5.92 Å². The minimum Gasteiger partial charge on any atom is -0.343 e. The maximum Gasteiger partial charge on any atom is 0.219 e. The zero-order valence-electron chi connectivity index (χ0n) is 13.4. The van der Waals surface area contributed by atoms with Gasteiger partial charge in [0.25, 0.3) is 0 Å². The molecule has 0 spiro atoms. The summed E-state index contributed by atoms with van der Waals surface area (Å²) in [7, 11) is 0. The Morgan fingerprint density at radius 1 is 1.41 bits per heavy atom. The molecule has 1 aliphatic rings. The average Bonchev–Trinajstić information content (AvgIpc) is 2.56. The van der Waals surface area contributed by atoms with Gasteiger partial charge in [0.05, 0.1) is 5.56 Å². The van der Waals surface area contributed by atoms with Crippen LogP contribution in [-0.2, 0) is 4.79 Å². The molecular weight excluding hydrogens is 360 g/mol. The Hall–Kier alpha value is -0.990. The highest BCUT2D eigenvalue weighted by atomic mass is 79.9. The first-order valence-electron chi connectivity index (χ1n) is 7.68.